The Kier molecular flexibility index (Phi) is 46.6. The van der Waals surface area contributed by atoms with E-state index in [1.807, 2.05) is 0 Å². The first-order valence-electron chi connectivity index (χ1n) is 26.2. The van der Waals surface area contributed by atoms with E-state index in [-0.39, 0.29) is 24.9 Å². The van der Waals surface area contributed by atoms with Crippen molar-refractivity contribution in [2.24, 2.45) is 0 Å². The Morgan fingerprint density at radius 1 is 0.483 bits per heavy atom. The fourth-order valence-electron chi connectivity index (χ4n) is 7.97. The van der Waals surface area contributed by atoms with Crippen LogP contribution in [-0.2, 0) is 14.3 Å². The van der Waals surface area contributed by atoms with E-state index in [1.54, 1.807) is 0 Å². The zero-order chi connectivity index (χ0) is 43.8. The SMILES string of the molecule is CCCCC/C=C\C/C=C\C/C=C\CCCCCCC(CC(=O)NC(CO)C(O)CCCCCCCCCCCCCCC)OC(=O)CCCCCCCCCCCCC. The quantitative estimate of drug-likeness (QED) is 0.0322. The topological polar surface area (TPSA) is 95.9 Å². The fourth-order valence-corrected chi connectivity index (χ4v) is 7.97. The minimum Gasteiger partial charge on any atom is -0.462 e. The second-order valence-electron chi connectivity index (χ2n) is 17.9. The van der Waals surface area contributed by atoms with Crippen molar-refractivity contribution in [3.05, 3.63) is 36.5 Å². The molecule has 0 rings (SSSR count). The van der Waals surface area contributed by atoms with Gasteiger partial charge >= 0.3 is 5.97 Å². The molecule has 0 aliphatic heterocycles. The van der Waals surface area contributed by atoms with Crippen LogP contribution in [0, 0.1) is 0 Å². The van der Waals surface area contributed by atoms with E-state index in [0.29, 0.717) is 19.3 Å². The Morgan fingerprint density at radius 2 is 0.850 bits per heavy atom. The van der Waals surface area contributed by atoms with Crippen molar-refractivity contribution < 1.29 is 24.5 Å². The third kappa shape index (κ3) is 42.8. The molecule has 3 unspecified atom stereocenters. The lowest BCUT2D eigenvalue weighted by Crippen LogP contribution is -2.46. The first kappa shape index (κ1) is 58.1. The van der Waals surface area contributed by atoms with Gasteiger partial charge in [-0.2, -0.15) is 0 Å². The van der Waals surface area contributed by atoms with Crippen molar-refractivity contribution in [1.29, 1.82) is 0 Å². The lowest BCUT2D eigenvalue weighted by atomic mass is 10.0. The van der Waals surface area contributed by atoms with E-state index in [9.17, 15) is 19.8 Å². The van der Waals surface area contributed by atoms with Gasteiger partial charge in [-0.05, 0) is 64.2 Å². The number of carbonyl (C=O) groups is 2. The van der Waals surface area contributed by atoms with Gasteiger partial charge in [-0.3, -0.25) is 9.59 Å². The molecular weight excluding hydrogens is 743 g/mol. The van der Waals surface area contributed by atoms with Crippen LogP contribution in [0.5, 0.6) is 0 Å². The maximum absolute atomic E-state index is 13.2. The summed E-state index contributed by atoms with van der Waals surface area (Å²) < 4.78 is 5.92. The molecule has 0 aliphatic rings. The molecule has 1 amide bonds. The summed E-state index contributed by atoms with van der Waals surface area (Å²) in [4.78, 5) is 26.1. The van der Waals surface area contributed by atoms with Gasteiger partial charge in [0.25, 0.3) is 0 Å². The summed E-state index contributed by atoms with van der Waals surface area (Å²) >= 11 is 0. The second-order valence-corrected chi connectivity index (χ2v) is 17.9. The molecule has 0 saturated carbocycles. The summed E-state index contributed by atoms with van der Waals surface area (Å²) in [5.74, 6) is -0.486. The minimum absolute atomic E-state index is 0.0663. The Hall–Kier alpha value is -1.92. The predicted molar refractivity (Wildman–Crippen MR) is 259 cm³/mol. The molecule has 0 aromatic carbocycles. The van der Waals surface area contributed by atoms with Crippen LogP contribution in [0.15, 0.2) is 36.5 Å². The Labute approximate surface area is 373 Å². The van der Waals surface area contributed by atoms with Gasteiger partial charge in [0.15, 0.2) is 0 Å². The highest BCUT2D eigenvalue weighted by Gasteiger charge is 2.24. The molecule has 352 valence electrons. The van der Waals surface area contributed by atoms with Crippen LogP contribution in [0.1, 0.15) is 271 Å². The summed E-state index contributed by atoms with van der Waals surface area (Å²) in [5, 5.41) is 23.8. The molecule has 0 saturated heterocycles. The van der Waals surface area contributed by atoms with Crippen molar-refractivity contribution >= 4 is 11.9 Å². The monoisotopic (exact) mass is 844 g/mol. The maximum atomic E-state index is 13.2. The highest BCUT2D eigenvalue weighted by Crippen LogP contribution is 2.18. The lowest BCUT2D eigenvalue weighted by Gasteiger charge is -2.24. The number of amides is 1. The van der Waals surface area contributed by atoms with E-state index < -0.39 is 18.2 Å². The van der Waals surface area contributed by atoms with E-state index in [0.717, 1.165) is 83.5 Å². The standard InChI is InChI=1S/C54H101NO5/c1-4-7-10-13-16-19-22-24-25-26-27-29-31-33-36-39-42-45-50(60-54(59)47-44-41-38-35-30-21-18-15-12-9-6-3)48-53(58)55-51(49-56)52(57)46-43-40-37-34-32-28-23-20-17-14-11-8-5-2/h16,19,24-25,27,29,50-52,56-57H,4-15,17-18,20-23,26,28,30-49H2,1-3H3,(H,55,58)/b19-16-,25-24-,29-27-. The molecule has 3 N–H and O–H groups in total. The molecule has 3 atom stereocenters. The van der Waals surface area contributed by atoms with Crippen LogP contribution in [0.3, 0.4) is 0 Å². The maximum Gasteiger partial charge on any atom is 0.306 e. The van der Waals surface area contributed by atoms with Crippen molar-refractivity contribution in [2.45, 2.75) is 289 Å². The predicted octanol–water partition coefficient (Wildman–Crippen LogP) is 15.7. The van der Waals surface area contributed by atoms with Crippen LogP contribution < -0.4 is 5.32 Å². The number of carbonyl (C=O) groups excluding carboxylic acids is 2. The molecule has 6 nitrogen and oxygen atoms in total. The molecule has 6 heteroatoms. The Morgan fingerprint density at radius 3 is 1.32 bits per heavy atom. The van der Waals surface area contributed by atoms with Gasteiger partial charge in [0.2, 0.25) is 5.91 Å². The van der Waals surface area contributed by atoms with Gasteiger partial charge in [-0.1, -0.05) is 231 Å². The van der Waals surface area contributed by atoms with Gasteiger partial charge in [-0.25, -0.2) is 0 Å². The molecule has 0 spiro atoms. The number of unbranched alkanes of at least 4 members (excludes halogenated alkanes) is 29. The molecule has 0 aromatic heterocycles. The first-order valence-corrected chi connectivity index (χ1v) is 26.2. The average molecular weight is 844 g/mol. The molecule has 0 heterocycles. The largest absolute Gasteiger partial charge is 0.462 e. The molecule has 0 aromatic rings. The van der Waals surface area contributed by atoms with E-state index >= 15 is 0 Å². The molecule has 0 bridgehead atoms. The van der Waals surface area contributed by atoms with Gasteiger partial charge in [0.05, 0.1) is 25.2 Å². The molecule has 0 aliphatic carbocycles. The van der Waals surface area contributed by atoms with Gasteiger partial charge in [0.1, 0.15) is 6.10 Å². The number of ether oxygens (including phenoxy) is 1. The summed E-state index contributed by atoms with van der Waals surface area (Å²) in [6.45, 7) is 6.45. The third-order valence-electron chi connectivity index (χ3n) is 12.0. The van der Waals surface area contributed by atoms with Gasteiger partial charge in [0, 0.05) is 6.42 Å². The average Bonchev–Trinajstić information content (AvgIpc) is 3.24. The third-order valence-corrected chi connectivity index (χ3v) is 12.0. The number of aliphatic hydroxyl groups excluding tert-OH is 2. The highest BCUT2D eigenvalue weighted by molar-refractivity contribution is 5.77. The van der Waals surface area contributed by atoms with Crippen molar-refractivity contribution in [3.8, 4) is 0 Å². The van der Waals surface area contributed by atoms with Crippen LogP contribution >= 0.6 is 0 Å². The van der Waals surface area contributed by atoms with E-state index in [4.69, 9.17) is 4.74 Å². The van der Waals surface area contributed by atoms with Gasteiger partial charge in [-0.15, -0.1) is 0 Å². The van der Waals surface area contributed by atoms with Crippen molar-refractivity contribution in [3.63, 3.8) is 0 Å². The molecule has 0 radical (unpaired) electrons. The molecule has 60 heavy (non-hydrogen) atoms. The normalized spacial score (nSPS) is 13.5. The van der Waals surface area contributed by atoms with Crippen LogP contribution in [0.25, 0.3) is 0 Å². The molecular formula is C54H101NO5. The van der Waals surface area contributed by atoms with Crippen molar-refractivity contribution in [2.75, 3.05) is 6.61 Å². The van der Waals surface area contributed by atoms with Crippen LogP contribution in [0.4, 0.5) is 0 Å². The second kappa shape index (κ2) is 48.1. The number of rotatable bonds is 47. The zero-order valence-electron chi connectivity index (χ0n) is 40.1. The molecule has 0 fully saturated rings. The van der Waals surface area contributed by atoms with Gasteiger partial charge < -0.3 is 20.3 Å². The van der Waals surface area contributed by atoms with Crippen molar-refractivity contribution in [1.82, 2.24) is 5.32 Å². The number of allylic oxidation sites excluding steroid dienone is 6. The fraction of sp³-hybridized carbons (Fsp3) is 0.852. The summed E-state index contributed by atoms with van der Waals surface area (Å²) in [7, 11) is 0. The Bertz CT molecular complexity index is 993. The van der Waals surface area contributed by atoms with E-state index in [1.165, 1.54) is 141 Å². The van der Waals surface area contributed by atoms with Crippen LogP contribution in [0.2, 0.25) is 0 Å². The number of aliphatic hydroxyl groups is 2. The van der Waals surface area contributed by atoms with Crippen LogP contribution in [-0.4, -0.2) is 46.9 Å². The Balaban J connectivity index is 4.60. The summed E-state index contributed by atoms with van der Waals surface area (Å²) in [5.41, 5.74) is 0. The number of hydrogen-bond acceptors (Lipinski definition) is 5. The smallest absolute Gasteiger partial charge is 0.306 e. The number of nitrogens with one attached hydrogen (secondary N) is 1. The highest BCUT2D eigenvalue weighted by atomic mass is 16.5. The minimum atomic E-state index is -0.791. The number of esters is 1. The summed E-state index contributed by atoms with van der Waals surface area (Å²) in [6.07, 6.45) is 56.3. The zero-order valence-corrected chi connectivity index (χ0v) is 40.1. The lowest BCUT2D eigenvalue weighted by molar-refractivity contribution is -0.151. The van der Waals surface area contributed by atoms with E-state index in [2.05, 4.69) is 62.5 Å². The number of hydrogen-bond donors (Lipinski definition) is 3. The summed E-state index contributed by atoms with van der Waals surface area (Å²) in [6, 6.07) is -0.705. The first-order chi connectivity index (χ1) is 29.5.